The fourth-order valence-corrected chi connectivity index (χ4v) is 2.23. The van der Waals surface area contributed by atoms with Crippen molar-refractivity contribution in [2.75, 3.05) is 5.32 Å². The molecule has 7 heteroatoms. The Labute approximate surface area is 150 Å². The number of carbonyl (C=O) groups is 1. The van der Waals surface area contributed by atoms with E-state index in [2.05, 4.69) is 20.3 Å². The Morgan fingerprint density at radius 2 is 1.96 bits per heavy atom. The van der Waals surface area contributed by atoms with E-state index in [1.165, 1.54) is 25.1 Å². The van der Waals surface area contributed by atoms with E-state index < -0.39 is 5.82 Å². The molecule has 3 aromatic rings. The van der Waals surface area contributed by atoms with Crippen molar-refractivity contribution in [1.82, 2.24) is 15.0 Å². The molecular weight excluding hydrogens is 343 g/mol. The normalized spacial score (nSPS) is 10.0. The van der Waals surface area contributed by atoms with E-state index in [1.54, 1.807) is 24.5 Å². The zero-order valence-corrected chi connectivity index (χ0v) is 14.5. The molecule has 128 valence electrons. The van der Waals surface area contributed by atoms with Crippen LogP contribution in [0.2, 0.25) is 0 Å². The van der Waals surface area contributed by atoms with Gasteiger partial charge >= 0.3 is 0 Å². The standard InChI is InChI=1S/C18H15FN4O.ClH/c1-11-8-17(23-18(21-11)14-4-3-7-20-10-14)22-16-9-13(12(2)24)5-6-15(16)19;/h3-10H,1-2H3,(H,21,22,23);1H. The minimum absolute atomic E-state index is 0. The number of Topliss-reactive ketones (excluding diaryl/α,β-unsaturated/α-hetero) is 1. The van der Waals surface area contributed by atoms with Crippen molar-refractivity contribution in [2.24, 2.45) is 0 Å². The maximum atomic E-state index is 14.0. The molecular formula is C18H16ClFN4O. The first-order valence-corrected chi connectivity index (χ1v) is 7.36. The SMILES string of the molecule is CC(=O)c1ccc(F)c(Nc2cc(C)nc(-c3cccnc3)n2)c1.Cl. The lowest BCUT2D eigenvalue weighted by atomic mass is 10.1. The van der Waals surface area contributed by atoms with Crippen molar-refractivity contribution in [3.8, 4) is 11.4 Å². The molecule has 0 radical (unpaired) electrons. The number of carbonyl (C=O) groups excluding carboxylic acids is 1. The van der Waals surface area contributed by atoms with E-state index >= 15 is 0 Å². The van der Waals surface area contributed by atoms with Gasteiger partial charge in [-0.1, -0.05) is 0 Å². The van der Waals surface area contributed by atoms with Crippen molar-refractivity contribution in [1.29, 1.82) is 0 Å². The third-order valence-electron chi connectivity index (χ3n) is 3.41. The molecule has 0 saturated carbocycles. The Morgan fingerprint density at radius 3 is 2.64 bits per heavy atom. The molecule has 0 aliphatic rings. The Hall–Kier alpha value is -2.86. The zero-order valence-electron chi connectivity index (χ0n) is 13.7. The van der Waals surface area contributed by atoms with Crippen molar-refractivity contribution in [2.45, 2.75) is 13.8 Å². The highest BCUT2D eigenvalue weighted by atomic mass is 35.5. The van der Waals surface area contributed by atoms with Crippen LogP contribution < -0.4 is 5.32 Å². The number of halogens is 2. The van der Waals surface area contributed by atoms with Gasteiger partial charge in [-0.05, 0) is 44.2 Å². The summed E-state index contributed by atoms with van der Waals surface area (Å²) >= 11 is 0. The second-order valence-corrected chi connectivity index (χ2v) is 5.34. The number of hydrogen-bond acceptors (Lipinski definition) is 5. The molecule has 2 heterocycles. The summed E-state index contributed by atoms with van der Waals surface area (Å²) in [6.07, 6.45) is 3.33. The lowest BCUT2D eigenvalue weighted by Gasteiger charge is -2.10. The second kappa shape index (κ2) is 7.81. The van der Waals surface area contributed by atoms with E-state index in [1.807, 2.05) is 13.0 Å². The highest BCUT2D eigenvalue weighted by Crippen LogP contribution is 2.23. The van der Waals surface area contributed by atoms with E-state index in [0.717, 1.165) is 11.3 Å². The smallest absolute Gasteiger partial charge is 0.163 e. The van der Waals surface area contributed by atoms with E-state index in [4.69, 9.17) is 0 Å². The Kier molecular flexibility index (Phi) is 5.77. The number of hydrogen-bond donors (Lipinski definition) is 1. The van der Waals surface area contributed by atoms with Crippen LogP contribution in [0.15, 0.2) is 48.8 Å². The molecule has 0 fully saturated rings. The third kappa shape index (κ3) is 4.36. The average Bonchev–Trinajstić information content (AvgIpc) is 2.57. The summed E-state index contributed by atoms with van der Waals surface area (Å²) in [6.45, 7) is 3.27. The summed E-state index contributed by atoms with van der Waals surface area (Å²) in [5.74, 6) is 0.349. The summed E-state index contributed by atoms with van der Waals surface area (Å²) in [7, 11) is 0. The highest BCUT2D eigenvalue weighted by molar-refractivity contribution is 5.95. The van der Waals surface area contributed by atoms with E-state index in [-0.39, 0.29) is 23.9 Å². The molecule has 1 N–H and O–H groups in total. The van der Waals surface area contributed by atoms with Gasteiger partial charge in [0.25, 0.3) is 0 Å². The van der Waals surface area contributed by atoms with Crippen LogP contribution in [0.3, 0.4) is 0 Å². The summed E-state index contributed by atoms with van der Waals surface area (Å²) in [4.78, 5) is 24.3. The van der Waals surface area contributed by atoms with E-state index in [0.29, 0.717) is 17.2 Å². The summed E-state index contributed by atoms with van der Waals surface area (Å²) in [6, 6.07) is 9.54. The van der Waals surface area contributed by atoms with Crippen molar-refractivity contribution >= 4 is 29.7 Å². The average molecular weight is 359 g/mol. The first kappa shape index (κ1) is 18.5. The molecule has 25 heavy (non-hydrogen) atoms. The van der Waals surface area contributed by atoms with Crippen LogP contribution in [0.25, 0.3) is 11.4 Å². The van der Waals surface area contributed by atoms with Gasteiger partial charge in [0.05, 0.1) is 5.69 Å². The van der Waals surface area contributed by atoms with Gasteiger partial charge in [-0.2, -0.15) is 0 Å². The second-order valence-electron chi connectivity index (χ2n) is 5.34. The lowest BCUT2D eigenvalue weighted by Crippen LogP contribution is -2.02. The molecule has 0 saturated heterocycles. The van der Waals surface area contributed by atoms with Gasteiger partial charge in [0.2, 0.25) is 0 Å². The molecule has 0 atom stereocenters. The number of rotatable bonds is 4. The Bertz CT molecular complexity index is 903. The van der Waals surface area contributed by atoms with Crippen LogP contribution in [0, 0.1) is 12.7 Å². The largest absolute Gasteiger partial charge is 0.338 e. The highest BCUT2D eigenvalue weighted by Gasteiger charge is 2.10. The maximum Gasteiger partial charge on any atom is 0.163 e. The Morgan fingerprint density at radius 1 is 1.16 bits per heavy atom. The van der Waals surface area contributed by atoms with Gasteiger partial charge in [-0.25, -0.2) is 14.4 Å². The molecule has 0 unspecified atom stereocenters. The van der Waals surface area contributed by atoms with E-state index in [9.17, 15) is 9.18 Å². The van der Waals surface area contributed by atoms with Gasteiger partial charge in [0, 0.05) is 35.3 Å². The molecule has 0 spiro atoms. The number of nitrogens with one attached hydrogen (secondary N) is 1. The van der Waals surface area contributed by atoms with Crippen molar-refractivity contribution < 1.29 is 9.18 Å². The monoisotopic (exact) mass is 358 g/mol. The Balaban J connectivity index is 0.00000225. The van der Waals surface area contributed by atoms with Gasteiger partial charge in [-0.15, -0.1) is 12.4 Å². The lowest BCUT2D eigenvalue weighted by molar-refractivity contribution is 0.101. The molecule has 5 nitrogen and oxygen atoms in total. The molecule has 0 aliphatic carbocycles. The predicted octanol–water partition coefficient (Wildman–Crippen LogP) is 4.35. The van der Waals surface area contributed by atoms with Crippen LogP contribution >= 0.6 is 12.4 Å². The topological polar surface area (TPSA) is 67.8 Å². The van der Waals surface area contributed by atoms with Crippen LogP contribution in [-0.2, 0) is 0 Å². The van der Waals surface area contributed by atoms with Gasteiger partial charge in [0.1, 0.15) is 11.6 Å². The fourth-order valence-electron chi connectivity index (χ4n) is 2.23. The number of nitrogens with zero attached hydrogens (tertiary/aromatic N) is 3. The number of benzene rings is 1. The number of aromatic nitrogens is 3. The first-order chi connectivity index (χ1) is 11.5. The maximum absolute atomic E-state index is 14.0. The van der Waals surface area contributed by atoms with Crippen LogP contribution in [0.4, 0.5) is 15.9 Å². The zero-order chi connectivity index (χ0) is 17.1. The third-order valence-corrected chi connectivity index (χ3v) is 3.41. The van der Waals surface area contributed by atoms with Crippen molar-refractivity contribution in [3.63, 3.8) is 0 Å². The summed E-state index contributed by atoms with van der Waals surface area (Å²) < 4.78 is 14.0. The predicted molar refractivity (Wildman–Crippen MR) is 96.9 cm³/mol. The number of ketones is 1. The summed E-state index contributed by atoms with van der Waals surface area (Å²) in [5, 5.41) is 2.92. The molecule has 0 bridgehead atoms. The first-order valence-electron chi connectivity index (χ1n) is 7.36. The van der Waals surface area contributed by atoms with Gasteiger partial charge in [0.15, 0.2) is 11.6 Å². The van der Waals surface area contributed by atoms with Gasteiger partial charge in [-0.3, -0.25) is 9.78 Å². The van der Waals surface area contributed by atoms with Crippen LogP contribution in [0.5, 0.6) is 0 Å². The van der Waals surface area contributed by atoms with Crippen molar-refractivity contribution in [3.05, 3.63) is 65.9 Å². The number of aryl methyl sites for hydroxylation is 1. The molecule has 0 aliphatic heterocycles. The number of pyridine rings is 1. The van der Waals surface area contributed by atoms with Gasteiger partial charge < -0.3 is 5.32 Å². The number of anilines is 2. The molecule has 2 aromatic heterocycles. The molecule has 3 rings (SSSR count). The fraction of sp³-hybridized carbons (Fsp3) is 0.111. The van der Waals surface area contributed by atoms with Crippen LogP contribution in [0.1, 0.15) is 23.0 Å². The minimum Gasteiger partial charge on any atom is -0.338 e. The quantitative estimate of drug-likeness (QED) is 0.702. The molecule has 1 aromatic carbocycles. The summed E-state index contributed by atoms with van der Waals surface area (Å²) in [5.41, 5.74) is 2.12. The molecule has 0 amide bonds. The minimum atomic E-state index is -0.459. The van der Waals surface area contributed by atoms with Crippen LogP contribution in [-0.4, -0.2) is 20.7 Å².